The quantitative estimate of drug-likeness (QED) is 0.786. The first-order chi connectivity index (χ1) is 9.74. The first kappa shape index (κ1) is 13.5. The topological polar surface area (TPSA) is 75.1 Å². The Morgan fingerprint density at radius 1 is 1.50 bits per heavy atom. The highest BCUT2D eigenvalue weighted by Crippen LogP contribution is 2.14. The summed E-state index contributed by atoms with van der Waals surface area (Å²) in [5.74, 6) is -0.123. The summed E-state index contributed by atoms with van der Waals surface area (Å²) in [5.41, 5.74) is 0.412. The second kappa shape index (κ2) is 5.88. The van der Waals surface area contributed by atoms with Gasteiger partial charge in [0.25, 0.3) is 5.91 Å². The normalized spacial score (nSPS) is 24.4. The van der Waals surface area contributed by atoms with E-state index in [4.69, 9.17) is 0 Å². The molecule has 7 nitrogen and oxygen atoms in total. The van der Waals surface area contributed by atoms with E-state index in [-0.39, 0.29) is 5.91 Å². The predicted molar refractivity (Wildman–Crippen MR) is 74.5 cm³/mol. The monoisotopic (exact) mass is 278 g/mol. The standard InChI is InChI=1S/C13H22N6O/c1-18-5-3-2-4-10(18)8-15-13(20)12-9-19(17-16-12)11-6-14-7-11/h9-11,14H,2-8H2,1H3,(H,15,20). The van der Waals surface area contributed by atoms with E-state index in [1.165, 1.54) is 12.8 Å². The lowest BCUT2D eigenvalue weighted by atomic mass is 10.0. The summed E-state index contributed by atoms with van der Waals surface area (Å²) < 4.78 is 1.78. The van der Waals surface area contributed by atoms with Crippen molar-refractivity contribution in [2.45, 2.75) is 31.3 Å². The van der Waals surface area contributed by atoms with Crippen LogP contribution in [0.1, 0.15) is 35.8 Å². The van der Waals surface area contributed by atoms with Gasteiger partial charge in [0.1, 0.15) is 0 Å². The van der Waals surface area contributed by atoms with Crippen LogP contribution in [0.4, 0.5) is 0 Å². The zero-order valence-corrected chi connectivity index (χ0v) is 11.9. The Morgan fingerprint density at radius 2 is 2.35 bits per heavy atom. The average molecular weight is 278 g/mol. The Balaban J connectivity index is 1.52. The van der Waals surface area contributed by atoms with Crippen molar-refractivity contribution >= 4 is 5.91 Å². The second-order valence-electron chi connectivity index (χ2n) is 5.74. The molecular weight excluding hydrogens is 256 g/mol. The van der Waals surface area contributed by atoms with Gasteiger partial charge in [-0.2, -0.15) is 0 Å². The van der Waals surface area contributed by atoms with Gasteiger partial charge in [-0.1, -0.05) is 11.6 Å². The summed E-state index contributed by atoms with van der Waals surface area (Å²) in [5, 5.41) is 14.1. The van der Waals surface area contributed by atoms with Crippen LogP contribution >= 0.6 is 0 Å². The van der Waals surface area contributed by atoms with Crippen LogP contribution in [0.15, 0.2) is 6.20 Å². The molecule has 1 aromatic heterocycles. The van der Waals surface area contributed by atoms with Crippen LogP contribution in [0.5, 0.6) is 0 Å². The molecule has 3 heterocycles. The van der Waals surface area contributed by atoms with Crippen LogP contribution in [0.25, 0.3) is 0 Å². The predicted octanol–water partition coefficient (Wildman–Crippen LogP) is -0.363. The summed E-state index contributed by atoms with van der Waals surface area (Å²) >= 11 is 0. The van der Waals surface area contributed by atoms with E-state index in [2.05, 4.69) is 32.9 Å². The summed E-state index contributed by atoms with van der Waals surface area (Å²) in [6, 6.07) is 0.784. The van der Waals surface area contributed by atoms with Crippen LogP contribution in [0.2, 0.25) is 0 Å². The highest BCUT2D eigenvalue weighted by Gasteiger charge is 2.23. The lowest BCUT2D eigenvalue weighted by molar-refractivity contribution is 0.0923. The van der Waals surface area contributed by atoms with E-state index in [0.717, 1.165) is 26.1 Å². The molecule has 110 valence electrons. The van der Waals surface area contributed by atoms with E-state index in [9.17, 15) is 4.79 Å². The Hall–Kier alpha value is -1.47. The molecule has 0 bridgehead atoms. The molecule has 0 aliphatic carbocycles. The highest BCUT2D eigenvalue weighted by molar-refractivity contribution is 5.91. The number of likely N-dealkylation sites (tertiary alicyclic amines) is 1. The number of aromatic nitrogens is 3. The third kappa shape index (κ3) is 2.83. The van der Waals surface area contributed by atoms with Gasteiger partial charge in [0.15, 0.2) is 5.69 Å². The number of piperidine rings is 1. The third-order valence-corrected chi connectivity index (χ3v) is 4.30. The molecule has 0 saturated carbocycles. The van der Waals surface area contributed by atoms with Crippen molar-refractivity contribution in [3.8, 4) is 0 Å². The maximum absolute atomic E-state index is 12.1. The number of carbonyl (C=O) groups excluding carboxylic acids is 1. The molecule has 2 aliphatic rings. The van der Waals surface area contributed by atoms with Crippen LogP contribution in [-0.4, -0.2) is 65.1 Å². The van der Waals surface area contributed by atoms with Gasteiger partial charge in [-0.3, -0.25) is 4.79 Å². The number of likely N-dealkylation sites (N-methyl/N-ethyl adjacent to an activating group) is 1. The van der Waals surface area contributed by atoms with Crippen LogP contribution in [0.3, 0.4) is 0 Å². The number of nitrogens with one attached hydrogen (secondary N) is 2. The maximum atomic E-state index is 12.1. The molecule has 3 rings (SSSR count). The number of hydrogen-bond donors (Lipinski definition) is 2. The zero-order chi connectivity index (χ0) is 13.9. The molecule has 2 fully saturated rings. The lowest BCUT2D eigenvalue weighted by Gasteiger charge is -2.32. The molecule has 1 amide bonds. The van der Waals surface area contributed by atoms with E-state index in [1.54, 1.807) is 10.9 Å². The fourth-order valence-electron chi connectivity index (χ4n) is 2.72. The number of amides is 1. The van der Waals surface area contributed by atoms with E-state index in [1.807, 2.05) is 0 Å². The molecule has 0 aromatic carbocycles. The molecule has 0 radical (unpaired) electrons. The maximum Gasteiger partial charge on any atom is 0.273 e. The van der Waals surface area contributed by atoms with Gasteiger partial charge in [0, 0.05) is 25.7 Å². The molecule has 1 aromatic rings. The molecule has 7 heteroatoms. The van der Waals surface area contributed by atoms with Crippen molar-refractivity contribution < 1.29 is 4.79 Å². The zero-order valence-electron chi connectivity index (χ0n) is 11.9. The van der Waals surface area contributed by atoms with Gasteiger partial charge < -0.3 is 15.5 Å². The minimum absolute atomic E-state index is 0.123. The molecule has 2 saturated heterocycles. The lowest BCUT2D eigenvalue weighted by Crippen LogP contribution is -2.44. The van der Waals surface area contributed by atoms with Crippen LogP contribution in [0, 0.1) is 0 Å². The van der Waals surface area contributed by atoms with Crippen LogP contribution in [-0.2, 0) is 0 Å². The van der Waals surface area contributed by atoms with Gasteiger partial charge in [-0.15, -0.1) is 5.10 Å². The Kier molecular flexibility index (Phi) is 3.98. The van der Waals surface area contributed by atoms with Crippen molar-refractivity contribution in [3.63, 3.8) is 0 Å². The molecule has 1 atom stereocenters. The third-order valence-electron chi connectivity index (χ3n) is 4.30. The van der Waals surface area contributed by atoms with Crippen molar-refractivity contribution in [1.82, 2.24) is 30.5 Å². The molecule has 1 unspecified atom stereocenters. The van der Waals surface area contributed by atoms with Crippen molar-refractivity contribution in [2.75, 3.05) is 33.2 Å². The smallest absolute Gasteiger partial charge is 0.273 e. The molecular formula is C13H22N6O. The van der Waals surface area contributed by atoms with Gasteiger partial charge in [0.05, 0.1) is 12.2 Å². The van der Waals surface area contributed by atoms with Crippen LogP contribution < -0.4 is 10.6 Å². The fraction of sp³-hybridized carbons (Fsp3) is 0.769. The summed E-state index contributed by atoms with van der Waals surface area (Å²) in [6.45, 7) is 3.60. The van der Waals surface area contributed by atoms with Gasteiger partial charge >= 0.3 is 0 Å². The first-order valence-corrected chi connectivity index (χ1v) is 7.35. The largest absolute Gasteiger partial charge is 0.349 e. The van der Waals surface area contributed by atoms with Gasteiger partial charge in [-0.25, -0.2) is 4.68 Å². The van der Waals surface area contributed by atoms with E-state index < -0.39 is 0 Å². The van der Waals surface area contributed by atoms with Crippen molar-refractivity contribution in [3.05, 3.63) is 11.9 Å². The second-order valence-corrected chi connectivity index (χ2v) is 5.74. The van der Waals surface area contributed by atoms with E-state index >= 15 is 0 Å². The molecule has 20 heavy (non-hydrogen) atoms. The summed E-state index contributed by atoms with van der Waals surface area (Å²) in [6.07, 6.45) is 5.39. The summed E-state index contributed by atoms with van der Waals surface area (Å²) in [7, 11) is 2.12. The molecule has 2 N–H and O–H groups in total. The minimum Gasteiger partial charge on any atom is -0.349 e. The SMILES string of the molecule is CN1CCCCC1CNC(=O)c1cn(C2CNC2)nn1. The number of nitrogens with zero attached hydrogens (tertiary/aromatic N) is 4. The number of carbonyl (C=O) groups is 1. The Labute approximate surface area is 118 Å². The van der Waals surface area contributed by atoms with Crippen molar-refractivity contribution in [1.29, 1.82) is 0 Å². The first-order valence-electron chi connectivity index (χ1n) is 7.35. The minimum atomic E-state index is -0.123. The van der Waals surface area contributed by atoms with Gasteiger partial charge in [-0.05, 0) is 26.4 Å². The fourth-order valence-corrected chi connectivity index (χ4v) is 2.72. The molecule has 0 spiro atoms. The van der Waals surface area contributed by atoms with Crippen molar-refractivity contribution in [2.24, 2.45) is 0 Å². The highest BCUT2D eigenvalue weighted by atomic mass is 16.2. The average Bonchev–Trinajstić information content (AvgIpc) is 2.85. The Morgan fingerprint density at radius 3 is 3.05 bits per heavy atom. The number of rotatable bonds is 4. The van der Waals surface area contributed by atoms with Gasteiger partial charge in [0.2, 0.25) is 0 Å². The summed E-state index contributed by atoms with van der Waals surface area (Å²) in [4.78, 5) is 14.4. The Bertz CT molecular complexity index is 469. The number of hydrogen-bond acceptors (Lipinski definition) is 5. The van der Waals surface area contributed by atoms with E-state index in [0.29, 0.717) is 24.3 Å². The molecule has 2 aliphatic heterocycles.